The fraction of sp³-hybridized carbons (Fsp3) is 0.520. The summed E-state index contributed by atoms with van der Waals surface area (Å²) in [5.41, 5.74) is 3.56. The Labute approximate surface area is 240 Å². The average Bonchev–Trinajstić information content (AvgIpc) is 3.62. The molecule has 2 aliphatic rings. The SMILES string of the molecule is CCOC(=O)[C@@H](C)N[P@@](=O)(OC[C@H]1O[C@@H](n2cnc3c(NC4CC4)nc(N)nc32)[C@@](F)(CO)[C@@H]1O)Oc1ccccc1. The van der Waals surface area contributed by atoms with Crippen molar-refractivity contribution in [2.45, 2.75) is 62.9 Å². The smallest absolute Gasteiger partial charge is 0.459 e. The highest BCUT2D eigenvalue weighted by Crippen LogP contribution is 2.48. The summed E-state index contributed by atoms with van der Waals surface area (Å²) in [5.74, 6) is -0.281. The van der Waals surface area contributed by atoms with Gasteiger partial charge in [0.15, 0.2) is 23.2 Å². The molecule has 17 heteroatoms. The second kappa shape index (κ2) is 12.1. The number of fused-ring (bicyclic) bond motifs is 1. The Balaban J connectivity index is 1.39. The number of nitrogens with zero attached hydrogens (tertiary/aromatic N) is 4. The van der Waals surface area contributed by atoms with E-state index in [9.17, 15) is 19.6 Å². The fourth-order valence-corrected chi connectivity index (χ4v) is 5.97. The van der Waals surface area contributed by atoms with Crippen LogP contribution in [0.2, 0.25) is 0 Å². The minimum Gasteiger partial charge on any atom is -0.465 e. The van der Waals surface area contributed by atoms with Crippen molar-refractivity contribution in [3.63, 3.8) is 0 Å². The summed E-state index contributed by atoms with van der Waals surface area (Å²) in [5, 5.41) is 26.7. The van der Waals surface area contributed by atoms with E-state index in [1.54, 1.807) is 25.1 Å². The number of hydrogen-bond acceptors (Lipinski definition) is 13. The summed E-state index contributed by atoms with van der Waals surface area (Å²) in [6, 6.07) is 7.14. The number of benzene rings is 1. The van der Waals surface area contributed by atoms with E-state index < -0.39 is 57.1 Å². The molecule has 1 aromatic carbocycles. The van der Waals surface area contributed by atoms with Gasteiger partial charge in [-0.2, -0.15) is 15.1 Å². The van der Waals surface area contributed by atoms with Crippen molar-refractivity contribution in [3.05, 3.63) is 36.7 Å². The third-order valence-electron chi connectivity index (χ3n) is 6.78. The Morgan fingerprint density at radius 2 is 2.07 bits per heavy atom. The number of nitrogens with one attached hydrogen (secondary N) is 2. The van der Waals surface area contributed by atoms with E-state index in [0.29, 0.717) is 11.3 Å². The minimum absolute atomic E-state index is 0.0937. The topological polar surface area (TPSA) is 205 Å². The zero-order valence-electron chi connectivity index (χ0n) is 22.9. The molecule has 6 atom stereocenters. The summed E-state index contributed by atoms with van der Waals surface area (Å²) in [4.78, 5) is 24.9. The number of nitrogen functional groups attached to an aromatic ring is 1. The van der Waals surface area contributed by atoms with Crippen LogP contribution in [0.15, 0.2) is 36.7 Å². The molecule has 42 heavy (non-hydrogen) atoms. The molecule has 2 fully saturated rings. The van der Waals surface area contributed by atoms with E-state index >= 15 is 4.39 Å². The highest BCUT2D eigenvalue weighted by Gasteiger charge is 2.59. The lowest BCUT2D eigenvalue weighted by atomic mass is 9.97. The summed E-state index contributed by atoms with van der Waals surface area (Å²) >= 11 is 0. The van der Waals surface area contributed by atoms with E-state index in [4.69, 9.17) is 24.3 Å². The number of hydrogen-bond donors (Lipinski definition) is 5. The highest BCUT2D eigenvalue weighted by atomic mass is 31.2. The van der Waals surface area contributed by atoms with Gasteiger partial charge in [0.05, 0.1) is 26.1 Å². The number of halogens is 1. The lowest BCUT2D eigenvalue weighted by Gasteiger charge is -2.27. The molecule has 0 radical (unpaired) electrons. The molecule has 5 rings (SSSR count). The molecule has 0 bridgehead atoms. The van der Waals surface area contributed by atoms with Crippen molar-refractivity contribution >= 4 is 36.6 Å². The van der Waals surface area contributed by atoms with Gasteiger partial charge in [0.25, 0.3) is 0 Å². The predicted octanol–water partition coefficient (Wildman–Crippen LogP) is 1.69. The molecule has 15 nitrogen and oxygen atoms in total. The van der Waals surface area contributed by atoms with E-state index in [2.05, 4.69) is 25.4 Å². The fourth-order valence-electron chi connectivity index (χ4n) is 4.47. The van der Waals surface area contributed by atoms with Crippen LogP contribution in [0.25, 0.3) is 11.2 Å². The number of carbonyl (C=O) groups is 1. The number of carbonyl (C=O) groups excluding carboxylic acids is 1. The molecule has 3 heterocycles. The molecule has 1 saturated carbocycles. The number of rotatable bonds is 13. The van der Waals surface area contributed by atoms with Gasteiger partial charge in [-0.25, -0.2) is 13.9 Å². The summed E-state index contributed by atoms with van der Waals surface area (Å²) in [6.07, 6.45) is -1.86. The van der Waals surface area contributed by atoms with Crippen LogP contribution in [0.5, 0.6) is 5.75 Å². The zero-order valence-corrected chi connectivity index (χ0v) is 23.8. The van der Waals surface area contributed by atoms with Crippen molar-refractivity contribution in [3.8, 4) is 5.75 Å². The van der Waals surface area contributed by atoms with Crippen LogP contribution in [0.3, 0.4) is 0 Å². The lowest BCUT2D eigenvalue weighted by molar-refractivity contribution is -0.144. The largest absolute Gasteiger partial charge is 0.465 e. The number of esters is 1. The number of anilines is 2. The van der Waals surface area contributed by atoms with Gasteiger partial charge < -0.3 is 35.3 Å². The molecule has 0 unspecified atom stereocenters. The van der Waals surface area contributed by atoms with E-state index in [-0.39, 0.29) is 30.0 Å². The molecular formula is C25H33FN7O8P. The van der Waals surface area contributed by atoms with Crippen molar-refractivity contribution in [1.82, 2.24) is 24.6 Å². The number of alkyl halides is 1. The Bertz CT molecular complexity index is 1460. The third-order valence-corrected chi connectivity index (χ3v) is 8.42. The molecule has 2 aromatic heterocycles. The molecule has 228 valence electrons. The first kappa shape index (κ1) is 30.1. The van der Waals surface area contributed by atoms with Crippen molar-refractivity contribution in [2.75, 3.05) is 30.9 Å². The van der Waals surface area contributed by atoms with Gasteiger partial charge in [0.2, 0.25) is 11.6 Å². The summed E-state index contributed by atoms with van der Waals surface area (Å²) < 4.78 is 53.1. The van der Waals surface area contributed by atoms with Gasteiger partial charge in [0.1, 0.15) is 24.0 Å². The van der Waals surface area contributed by atoms with Crippen LogP contribution < -0.4 is 20.7 Å². The van der Waals surface area contributed by atoms with Gasteiger partial charge >= 0.3 is 13.7 Å². The first-order valence-corrected chi connectivity index (χ1v) is 14.9. The Morgan fingerprint density at radius 3 is 2.74 bits per heavy atom. The second-order valence-electron chi connectivity index (χ2n) is 10.0. The van der Waals surface area contributed by atoms with Crippen LogP contribution in [-0.2, 0) is 23.4 Å². The van der Waals surface area contributed by atoms with Crippen LogP contribution >= 0.6 is 7.75 Å². The lowest BCUT2D eigenvalue weighted by Crippen LogP contribution is -2.46. The van der Waals surface area contributed by atoms with Gasteiger partial charge in [-0.15, -0.1) is 0 Å². The van der Waals surface area contributed by atoms with E-state index in [1.807, 2.05) is 0 Å². The number of aliphatic hydroxyl groups excluding tert-OH is 2. The second-order valence-corrected chi connectivity index (χ2v) is 11.7. The molecule has 1 aliphatic heterocycles. The first-order valence-electron chi connectivity index (χ1n) is 13.4. The molecule has 1 saturated heterocycles. The molecule has 1 aliphatic carbocycles. The first-order chi connectivity index (χ1) is 20.1. The maximum atomic E-state index is 16.2. The van der Waals surface area contributed by atoms with Gasteiger partial charge in [0, 0.05) is 6.04 Å². The Kier molecular flexibility index (Phi) is 8.64. The maximum absolute atomic E-state index is 16.2. The number of nitrogens with two attached hydrogens (primary N) is 1. The van der Waals surface area contributed by atoms with Crippen molar-refractivity contribution < 1.29 is 42.5 Å². The maximum Gasteiger partial charge on any atom is 0.459 e. The Morgan fingerprint density at radius 1 is 1.33 bits per heavy atom. The highest BCUT2D eigenvalue weighted by molar-refractivity contribution is 7.52. The molecular weight excluding hydrogens is 576 g/mol. The van der Waals surface area contributed by atoms with Crippen LogP contribution in [0, 0.1) is 0 Å². The van der Waals surface area contributed by atoms with Gasteiger partial charge in [-0.1, -0.05) is 18.2 Å². The minimum atomic E-state index is -4.34. The van der Waals surface area contributed by atoms with Gasteiger partial charge in [-0.05, 0) is 38.8 Å². The molecule has 3 aromatic rings. The van der Waals surface area contributed by atoms with E-state index in [0.717, 1.165) is 12.8 Å². The zero-order chi connectivity index (χ0) is 30.1. The molecule has 6 N–H and O–H groups in total. The normalized spacial score (nSPS) is 26.1. The van der Waals surface area contributed by atoms with Crippen LogP contribution in [0.4, 0.5) is 16.2 Å². The molecule has 0 amide bonds. The van der Waals surface area contributed by atoms with E-state index in [1.165, 1.54) is 30.0 Å². The third kappa shape index (κ3) is 6.19. The summed E-state index contributed by atoms with van der Waals surface area (Å²) in [6.45, 7) is 1.32. The monoisotopic (exact) mass is 609 g/mol. The number of aliphatic hydroxyl groups is 2. The standard InChI is InChI=1S/C25H33FN7O8P/c1-3-38-22(36)14(2)32-42(37,41-16-7-5-4-6-8-16)39-11-17-19(35)25(26,12-34)23(40-17)33-13-28-18-20(29-15-9-10-15)30-24(27)31-21(18)33/h4-8,13-15,17,19,23,34-35H,3,9-12H2,1-2H3,(H,32,37)(H3,27,29,30,31)/t14-,17-,19-,23-,25-,42-/m1/s1. The summed E-state index contributed by atoms with van der Waals surface area (Å²) in [7, 11) is -4.34. The van der Waals surface area contributed by atoms with Crippen molar-refractivity contribution in [2.24, 2.45) is 0 Å². The molecule has 0 spiro atoms. The van der Waals surface area contributed by atoms with Crippen molar-refractivity contribution in [1.29, 1.82) is 0 Å². The predicted molar refractivity (Wildman–Crippen MR) is 147 cm³/mol. The quantitative estimate of drug-likeness (QED) is 0.138. The van der Waals surface area contributed by atoms with Gasteiger partial charge in [-0.3, -0.25) is 13.9 Å². The van der Waals surface area contributed by atoms with Crippen LogP contribution in [0.1, 0.15) is 32.9 Å². The number of aromatic nitrogens is 4. The Hall–Kier alpha value is -3.40. The van der Waals surface area contributed by atoms with Crippen LogP contribution in [-0.4, -0.2) is 85.5 Å². The number of ether oxygens (including phenoxy) is 2. The number of imidazole rings is 1. The number of para-hydroxylation sites is 1. The average molecular weight is 610 g/mol.